The summed E-state index contributed by atoms with van der Waals surface area (Å²) in [6.45, 7) is 4.34. The summed E-state index contributed by atoms with van der Waals surface area (Å²) in [5, 5.41) is 9.05. The summed E-state index contributed by atoms with van der Waals surface area (Å²) in [5.74, 6) is -1.23. The number of aliphatic carboxylic acids is 1. The zero-order valence-electron chi connectivity index (χ0n) is 10.3. The van der Waals surface area contributed by atoms with Crippen molar-refractivity contribution in [1.82, 2.24) is 4.31 Å². The number of benzene rings is 1. The fourth-order valence-corrected chi connectivity index (χ4v) is 3.38. The van der Waals surface area contributed by atoms with E-state index in [1.807, 2.05) is 0 Å². The Bertz CT molecular complexity index is 598. The molecule has 19 heavy (non-hydrogen) atoms. The molecule has 5 nitrogen and oxygen atoms in total. The van der Waals surface area contributed by atoms with Crippen LogP contribution in [0.15, 0.2) is 35.7 Å². The molecule has 0 aliphatic rings. The second kappa shape index (κ2) is 6.18. The molecule has 0 saturated carbocycles. The van der Waals surface area contributed by atoms with Crippen LogP contribution in [0.25, 0.3) is 0 Å². The summed E-state index contributed by atoms with van der Waals surface area (Å²) < 4.78 is 25.6. The van der Waals surface area contributed by atoms with E-state index in [2.05, 4.69) is 6.58 Å². The van der Waals surface area contributed by atoms with Crippen LogP contribution in [0.1, 0.15) is 5.56 Å². The van der Waals surface area contributed by atoms with Crippen LogP contribution in [0.5, 0.6) is 0 Å². The Morgan fingerprint density at radius 1 is 1.53 bits per heavy atom. The molecule has 7 heteroatoms. The van der Waals surface area contributed by atoms with Gasteiger partial charge in [0.2, 0.25) is 10.0 Å². The van der Waals surface area contributed by atoms with E-state index in [1.165, 1.54) is 12.1 Å². The lowest BCUT2D eigenvalue weighted by Crippen LogP contribution is -2.36. The van der Waals surface area contributed by atoms with Gasteiger partial charge in [-0.2, -0.15) is 4.31 Å². The monoisotopic (exact) mass is 303 g/mol. The highest BCUT2D eigenvalue weighted by molar-refractivity contribution is 7.89. The fourth-order valence-electron chi connectivity index (χ4n) is 1.53. The quantitative estimate of drug-likeness (QED) is 0.815. The van der Waals surface area contributed by atoms with E-state index in [0.717, 1.165) is 4.31 Å². The lowest BCUT2D eigenvalue weighted by atomic mass is 10.2. The minimum Gasteiger partial charge on any atom is -0.480 e. The molecular formula is C12H14ClNO4S. The van der Waals surface area contributed by atoms with Crippen LogP contribution in [0, 0.1) is 6.92 Å². The summed E-state index contributed by atoms with van der Waals surface area (Å²) in [6.07, 6.45) is 1.33. The van der Waals surface area contributed by atoms with Gasteiger partial charge in [-0.25, -0.2) is 8.42 Å². The third-order valence-electron chi connectivity index (χ3n) is 2.41. The summed E-state index contributed by atoms with van der Waals surface area (Å²) >= 11 is 5.79. The number of hydrogen-bond acceptors (Lipinski definition) is 3. The van der Waals surface area contributed by atoms with Crippen molar-refractivity contribution in [1.29, 1.82) is 0 Å². The summed E-state index contributed by atoms with van der Waals surface area (Å²) in [6, 6.07) is 4.46. The summed E-state index contributed by atoms with van der Waals surface area (Å²) in [7, 11) is -3.91. The molecule has 0 atom stereocenters. The predicted molar refractivity (Wildman–Crippen MR) is 72.8 cm³/mol. The van der Waals surface area contributed by atoms with E-state index in [9.17, 15) is 13.2 Å². The molecule has 1 rings (SSSR count). The second-order valence-corrected chi connectivity index (χ2v) is 6.23. The van der Waals surface area contributed by atoms with E-state index in [4.69, 9.17) is 16.7 Å². The van der Waals surface area contributed by atoms with Crippen LogP contribution >= 0.6 is 11.6 Å². The Labute approximate surface area is 117 Å². The molecule has 1 N–H and O–H groups in total. The molecule has 0 aromatic heterocycles. The first-order chi connectivity index (χ1) is 8.78. The number of aryl methyl sites for hydroxylation is 1. The van der Waals surface area contributed by atoms with Gasteiger partial charge in [-0.05, 0) is 24.6 Å². The minimum absolute atomic E-state index is 0.00287. The number of halogens is 1. The van der Waals surface area contributed by atoms with E-state index >= 15 is 0 Å². The maximum absolute atomic E-state index is 12.4. The molecular weight excluding hydrogens is 290 g/mol. The number of rotatable bonds is 6. The largest absolute Gasteiger partial charge is 0.480 e. The van der Waals surface area contributed by atoms with Crippen LogP contribution in [0.2, 0.25) is 5.02 Å². The fraction of sp³-hybridized carbons (Fsp3) is 0.250. The number of carbonyl (C=O) groups is 1. The third-order valence-corrected chi connectivity index (χ3v) is 4.60. The van der Waals surface area contributed by atoms with Gasteiger partial charge in [0.05, 0.1) is 4.90 Å². The smallest absolute Gasteiger partial charge is 0.318 e. The molecule has 0 saturated heterocycles. The number of hydrogen-bond donors (Lipinski definition) is 1. The first-order valence-corrected chi connectivity index (χ1v) is 7.20. The van der Waals surface area contributed by atoms with Crippen molar-refractivity contribution in [3.05, 3.63) is 41.4 Å². The van der Waals surface area contributed by atoms with Gasteiger partial charge >= 0.3 is 5.97 Å². The molecule has 0 aliphatic carbocycles. The zero-order chi connectivity index (χ0) is 14.6. The van der Waals surface area contributed by atoms with E-state index in [1.54, 1.807) is 19.1 Å². The summed E-state index contributed by atoms with van der Waals surface area (Å²) in [4.78, 5) is 10.8. The zero-order valence-corrected chi connectivity index (χ0v) is 11.9. The molecule has 0 aliphatic heterocycles. The average molecular weight is 304 g/mol. The van der Waals surface area contributed by atoms with Gasteiger partial charge in [0.15, 0.2) is 0 Å². The van der Waals surface area contributed by atoms with Crippen LogP contribution in [0.3, 0.4) is 0 Å². The van der Waals surface area contributed by atoms with Crippen molar-refractivity contribution in [2.45, 2.75) is 11.8 Å². The molecule has 0 spiro atoms. The Morgan fingerprint density at radius 3 is 2.68 bits per heavy atom. The number of carboxylic acids is 1. The highest BCUT2D eigenvalue weighted by Crippen LogP contribution is 2.23. The third kappa shape index (κ3) is 3.79. The van der Waals surface area contributed by atoms with Crippen molar-refractivity contribution >= 4 is 27.6 Å². The lowest BCUT2D eigenvalue weighted by molar-refractivity contribution is -0.137. The Morgan fingerprint density at radius 2 is 2.16 bits per heavy atom. The van der Waals surface area contributed by atoms with E-state index in [-0.39, 0.29) is 16.5 Å². The lowest BCUT2D eigenvalue weighted by Gasteiger charge is -2.20. The SMILES string of the molecule is C=CCN(CC(=O)O)S(=O)(=O)c1cc(Cl)ccc1C. The molecule has 0 unspecified atom stereocenters. The van der Waals surface area contributed by atoms with Crippen molar-refractivity contribution < 1.29 is 18.3 Å². The van der Waals surface area contributed by atoms with Gasteiger partial charge < -0.3 is 5.11 Å². The standard InChI is InChI=1S/C12H14ClNO4S/c1-3-6-14(8-12(15)16)19(17,18)11-7-10(13)5-4-9(11)2/h3-5,7H,1,6,8H2,2H3,(H,15,16). The maximum Gasteiger partial charge on any atom is 0.318 e. The van der Waals surface area contributed by atoms with Crippen molar-refractivity contribution in [3.63, 3.8) is 0 Å². The number of nitrogens with zero attached hydrogens (tertiary/aromatic N) is 1. The van der Waals surface area contributed by atoms with Gasteiger partial charge in [0, 0.05) is 11.6 Å². The minimum atomic E-state index is -3.91. The average Bonchev–Trinajstić information content (AvgIpc) is 2.31. The highest BCUT2D eigenvalue weighted by atomic mass is 35.5. The molecule has 0 heterocycles. The van der Waals surface area contributed by atoms with Gasteiger partial charge in [0.25, 0.3) is 0 Å². The first kappa shape index (κ1) is 15.7. The van der Waals surface area contributed by atoms with Crippen molar-refractivity contribution in [2.24, 2.45) is 0 Å². The van der Waals surface area contributed by atoms with E-state index < -0.39 is 22.5 Å². The Kier molecular flexibility index (Phi) is 5.11. The molecule has 1 aromatic rings. The molecule has 104 valence electrons. The van der Waals surface area contributed by atoms with Crippen LogP contribution in [0.4, 0.5) is 0 Å². The second-order valence-electron chi connectivity index (χ2n) is 3.89. The van der Waals surface area contributed by atoms with Gasteiger partial charge in [-0.3, -0.25) is 4.79 Å². The van der Waals surface area contributed by atoms with Crippen LogP contribution in [-0.2, 0) is 14.8 Å². The molecule has 0 radical (unpaired) electrons. The Hall–Kier alpha value is -1.37. The Balaban J connectivity index is 3.29. The first-order valence-electron chi connectivity index (χ1n) is 5.38. The predicted octanol–water partition coefficient (Wildman–Crippen LogP) is 1.91. The van der Waals surface area contributed by atoms with Crippen LogP contribution in [-0.4, -0.2) is 36.9 Å². The highest BCUT2D eigenvalue weighted by Gasteiger charge is 2.27. The normalized spacial score (nSPS) is 11.5. The van der Waals surface area contributed by atoms with Crippen molar-refractivity contribution in [2.75, 3.05) is 13.1 Å². The molecule has 0 fully saturated rings. The number of carboxylic acid groups (broad SMARTS) is 1. The van der Waals surface area contributed by atoms with E-state index in [0.29, 0.717) is 5.56 Å². The maximum atomic E-state index is 12.4. The van der Waals surface area contributed by atoms with Gasteiger partial charge in [0.1, 0.15) is 6.54 Å². The van der Waals surface area contributed by atoms with Crippen LogP contribution < -0.4 is 0 Å². The molecule has 0 amide bonds. The molecule has 1 aromatic carbocycles. The topological polar surface area (TPSA) is 74.7 Å². The van der Waals surface area contributed by atoms with Gasteiger partial charge in [-0.15, -0.1) is 6.58 Å². The number of sulfonamides is 1. The molecule has 0 bridgehead atoms. The van der Waals surface area contributed by atoms with Crippen molar-refractivity contribution in [3.8, 4) is 0 Å². The van der Waals surface area contributed by atoms with Gasteiger partial charge in [-0.1, -0.05) is 23.7 Å². The summed E-state index contributed by atoms with van der Waals surface area (Å²) in [5.41, 5.74) is 0.504.